The van der Waals surface area contributed by atoms with E-state index in [1.807, 2.05) is 4.90 Å². The quantitative estimate of drug-likeness (QED) is 0.659. The zero-order valence-corrected chi connectivity index (χ0v) is 7.95. The largest absolute Gasteiger partial charge is 0.369 e. The SMILES string of the molecule is CC(CN1CCCC(=O)C1)C(N)=O. The number of rotatable bonds is 3. The Morgan fingerprint density at radius 3 is 2.92 bits per heavy atom. The Hall–Kier alpha value is -0.900. The summed E-state index contributed by atoms with van der Waals surface area (Å²) in [5.41, 5.74) is 5.14. The lowest BCUT2D eigenvalue weighted by Crippen LogP contribution is -2.41. The molecule has 1 aliphatic heterocycles. The topological polar surface area (TPSA) is 63.4 Å². The molecular weight excluding hydrogens is 168 g/mol. The Labute approximate surface area is 78.1 Å². The number of amides is 1. The zero-order valence-electron chi connectivity index (χ0n) is 7.95. The number of likely N-dealkylation sites (tertiary alicyclic amines) is 1. The summed E-state index contributed by atoms with van der Waals surface area (Å²) in [7, 11) is 0. The summed E-state index contributed by atoms with van der Waals surface area (Å²) in [6, 6.07) is 0. The van der Waals surface area contributed by atoms with E-state index in [2.05, 4.69) is 0 Å². The van der Waals surface area contributed by atoms with Crippen LogP contribution in [0.15, 0.2) is 0 Å². The van der Waals surface area contributed by atoms with Gasteiger partial charge in [-0.25, -0.2) is 0 Å². The predicted molar refractivity (Wildman–Crippen MR) is 49.0 cm³/mol. The fourth-order valence-electron chi connectivity index (χ4n) is 1.54. The third-order valence-corrected chi connectivity index (χ3v) is 2.35. The van der Waals surface area contributed by atoms with Crippen LogP contribution in [0.4, 0.5) is 0 Å². The van der Waals surface area contributed by atoms with Crippen molar-refractivity contribution in [2.45, 2.75) is 19.8 Å². The molecule has 0 saturated carbocycles. The highest BCUT2D eigenvalue weighted by molar-refractivity contribution is 5.81. The van der Waals surface area contributed by atoms with Gasteiger partial charge in [0.05, 0.1) is 6.54 Å². The van der Waals surface area contributed by atoms with Crippen LogP contribution in [-0.4, -0.2) is 36.2 Å². The Bertz CT molecular complexity index is 216. The fraction of sp³-hybridized carbons (Fsp3) is 0.778. The van der Waals surface area contributed by atoms with Gasteiger partial charge >= 0.3 is 0 Å². The van der Waals surface area contributed by atoms with E-state index in [1.165, 1.54) is 0 Å². The van der Waals surface area contributed by atoms with Crippen molar-refractivity contribution in [2.75, 3.05) is 19.6 Å². The van der Waals surface area contributed by atoms with Crippen LogP contribution in [0.5, 0.6) is 0 Å². The number of Topliss-reactive ketones (excluding diaryl/α,β-unsaturated/α-hetero) is 1. The van der Waals surface area contributed by atoms with Crippen molar-refractivity contribution >= 4 is 11.7 Å². The molecule has 4 nitrogen and oxygen atoms in total. The summed E-state index contributed by atoms with van der Waals surface area (Å²) in [6.45, 7) is 3.80. The molecule has 1 rings (SSSR count). The number of ketones is 1. The second-order valence-corrected chi connectivity index (χ2v) is 3.68. The average Bonchev–Trinajstić information content (AvgIpc) is 2.04. The van der Waals surface area contributed by atoms with Gasteiger partial charge in [-0.15, -0.1) is 0 Å². The van der Waals surface area contributed by atoms with Gasteiger partial charge in [0.2, 0.25) is 5.91 Å². The zero-order chi connectivity index (χ0) is 9.84. The maximum absolute atomic E-state index is 11.1. The molecule has 0 aromatic carbocycles. The third-order valence-electron chi connectivity index (χ3n) is 2.35. The van der Waals surface area contributed by atoms with E-state index >= 15 is 0 Å². The molecule has 0 aromatic rings. The highest BCUT2D eigenvalue weighted by Gasteiger charge is 2.20. The van der Waals surface area contributed by atoms with E-state index in [1.54, 1.807) is 6.92 Å². The molecule has 2 N–H and O–H groups in total. The molecule has 74 valence electrons. The molecule has 13 heavy (non-hydrogen) atoms. The molecule has 1 unspecified atom stereocenters. The molecule has 1 aliphatic rings. The first-order chi connectivity index (χ1) is 6.09. The van der Waals surface area contributed by atoms with Gasteiger partial charge < -0.3 is 5.73 Å². The Morgan fingerprint density at radius 2 is 2.38 bits per heavy atom. The van der Waals surface area contributed by atoms with Gasteiger partial charge in [-0.05, 0) is 13.0 Å². The molecule has 1 fully saturated rings. The second-order valence-electron chi connectivity index (χ2n) is 3.68. The minimum atomic E-state index is -0.293. The minimum Gasteiger partial charge on any atom is -0.369 e. The molecule has 1 atom stereocenters. The number of hydrogen-bond acceptors (Lipinski definition) is 3. The van der Waals surface area contributed by atoms with Crippen molar-refractivity contribution < 1.29 is 9.59 Å². The predicted octanol–water partition coefficient (Wildman–Crippen LogP) is -0.227. The number of nitrogens with two attached hydrogens (primary N) is 1. The lowest BCUT2D eigenvalue weighted by atomic mass is 10.1. The Kier molecular flexibility index (Phi) is 3.42. The minimum absolute atomic E-state index is 0.161. The van der Waals surface area contributed by atoms with Crippen LogP contribution >= 0.6 is 0 Å². The van der Waals surface area contributed by atoms with E-state index in [-0.39, 0.29) is 17.6 Å². The van der Waals surface area contributed by atoms with Crippen molar-refractivity contribution in [3.8, 4) is 0 Å². The van der Waals surface area contributed by atoms with Gasteiger partial charge in [-0.2, -0.15) is 0 Å². The van der Waals surface area contributed by atoms with Crippen molar-refractivity contribution in [2.24, 2.45) is 11.7 Å². The first kappa shape index (κ1) is 10.2. The molecule has 4 heteroatoms. The molecule has 0 spiro atoms. The molecule has 0 bridgehead atoms. The monoisotopic (exact) mass is 184 g/mol. The Balaban J connectivity index is 2.35. The van der Waals surface area contributed by atoms with Crippen LogP contribution < -0.4 is 5.73 Å². The number of hydrogen-bond donors (Lipinski definition) is 1. The van der Waals surface area contributed by atoms with Gasteiger partial charge in [-0.3, -0.25) is 14.5 Å². The summed E-state index contributed by atoms with van der Waals surface area (Å²) in [6.07, 6.45) is 1.59. The first-order valence-corrected chi connectivity index (χ1v) is 4.63. The van der Waals surface area contributed by atoms with Gasteiger partial charge in [0.25, 0.3) is 0 Å². The molecule has 0 aliphatic carbocycles. The third kappa shape index (κ3) is 3.14. The van der Waals surface area contributed by atoms with E-state index in [0.717, 1.165) is 13.0 Å². The lowest BCUT2D eigenvalue weighted by molar-refractivity contribution is -0.125. The molecule has 0 aromatic heterocycles. The number of piperidine rings is 1. The number of carbonyl (C=O) groups is 2. The summed E-state index contributed by atoms with van der Waals surface area (Å²) in [4.78, 5) is 23.8. The van der Waals surface area contributed by atoms with Crippen LogP contribution in [0, 0.1) is 5.92 Å². The summed E-state index contributed by atoms with van der Waals surface area (Å²) in [5.74, 6) is -0.188. The second kappa shape index (κ2) is 4.37. The highest BCUT2D eigenvalue weighted by atomic mass is 16.1. The molecule has 1 heterocycles. The number of nitrogens with zero attached hydrogens (tertiary/aromatic N) is 1. The van der Waals surface area contributed by atoms with E-state index in [9.17, 15) is 9.59 Å². The number of carbonyl (C=O) groups excluding carboxylic acids is 2. The van der Waals surface area contributed by atoms with E-state index in [4.69, 9.17) is 5.73 Å². The van der Waals surface area contributed by atoms with Crippen LogP contribution in [0.2, 0.25) is 0 Å². The van der Waals surface area contributed by atoms with Crippen molar-refractivity contribution in [3.05, 3.63) is 0 Å². The van der Waals surface area contributed by atoms with E-state index < -0.39 is 0 Å². The smallest absolute Gasteiger partial charge is 0.221 e. The van der Waals surface area contributed by atoms with Crippen LogP contribution in [-0.2, 0) is 9.59 Å². The van der Waals surface area contributed by atoms with Gasteiger partial charge in [-0.1, -0.05) is 6.92 Å². The van der Waals surface area contributed by atoms with Crippen molar-refractivity contribution in [1.82, 2.24) is 4.90 Å². The summed E-state index contributed by atoms with van der Waals surface area (Å²) in [5, 5.41) is 0. The van der Waals surface area contributed by atoms with E-state index in [0.29, 0.717) is 19.5 Å². The standard InChI is InChI=1S/C9H16N2O2/c1-7(9(10)13)5-11-4-2-3-8(12)6-11/h7H,2-6H2,1H3,(H2,10,13). The highest BCUT2D eigenvalue weighted by Crippen LogP contribution is 2.08. The lowest BCUT2D eigenvalue weighted by Gasteiger charge is -2.27. The Morgan fingerprint density at radius 1 is 1.69 bits per heavy atom. The molecule has 1 saturated heterocycles. The molecule has 1 amide bonds. The van der Waals surface area contributed by atoms with Gasteiger partial charge in [0.15, 0.2) is 0 Å². The van der Waals surface area contributed by atoms with Crippen molar-refractivity contribution in [1.29, 1.82) is 0 Å². The summed E-state index contributed by atoms with van der Waals surface area (Å²) >= 11 is 0. The maximum Gasteiger partial charge on any atom is 0.221 e. The van der Waals surface area contributed by atoms with Crippen LogP contribution in [0.1, 0.15) is 19.8 Å². The van der Waals surface area contributed by atoms with Crippen LogP contribution in [0.25, 0.3) is 0 Å². The van der Waals surface area contributed by atoms with Crippen LogP contribution in [0.3, 0.4) is 0 Å². The van der Waals surface area contributed by atoms with Crippen molar-refractivity contribution in [3.63, 3.8) is 0 Å². The maximum atomic E-state index is 11.1. The molecule has 0 radical (unpaired) electrons. The first-order valence-electron chi connectivity index (χ1n) is 4.63. The fourth-order valence-corrected chi connectivity index (χ4v) is 1.54. The van der Waals surface area contributed by atoms with Gasteiger partial charge in [0.1, 0.15) is 5.78 Å². The average molecular weight is 184 g/mol. The number of primary amides is 1. The van der Waals surface area contributed by atoms with Gasteiger partial charge in [0, 0.05) is 18.9 Å². The molecular formula is C9H16N2O2. The summed E-state index contributed by atoms with van der Waals surface area (Å²) < 4.78 is 0. The normalized spacial score (nSPS) is 21.5.